The smallest absolute Gasteiger partial charge is 0.154 e. The van der Waals surface area contributed by atoms with Gasteiger partial charge in [0.25, 0.3) is 0 Å². The molecule has 3 N–H and O–H groups in total. The minimum Gasteiger partial charge on any atom is -0.398 e. The Balaban J connectivity index is 1.46. The van der Waals surface area contributed by atoms with Crippen molar-refractivity contribution in [3.63, 3.8) is 0 Å². The molecule has 2 fully saturated rings. The average molecular weight is 419 g/mol. The molecular formula is C24H30N6O. The summed E-state index contributed by atoms with van der Waals surface area (Å²) in [5, 5.41) is 13.4. The van der Waals surface area contributed by atoms with Crippen molar-refractivity contribution >= 4 is 22.9 Å². The van der Waals surface area contributed by atoms with Crippen LogP contribution in [0, 0.1) is 16.7 Å². The Morgan fingerprint density at radius 1 is 1.16 bits per heavy atom. The Morgan fingerprint density at radius 2 is 1.97 bits per heavy atom. The van der Waals surface area contributed by atoms with Crippen LogP contribution in [0.3, 0.4) is 0 Å². The van der Waals surface area contributed by atoms with E-state index in [1.54, 1.807) is 0 Å². The highest BCUT2D eigenvalue weighted by atomic mass is 16.5. The number of benzene rings is 1. The zero-order valence-corrected chi connectivity index (χ0v) is 18.3. The molecule has 4 heterocycles. The molecule has 0 bridgehead atoms. The van der Waals surface area contributed by atoms with Gasteiger partial charge in [-0.1, -0.05) is 19.9 Å². The fourth-order valence-corrected chi connectivity index (χ4v) is 4.74. The van der Waals surface area contributed by atoms with Crippen LogP contribution in [-0.2, 0) is 4.74 Å². The monoisotopic (exact) mass is 418 g/mol. The van der Waals surface area contributed by atoms with Gasteiger partial charge in [0.1, 0.15) is 5.82 Å². The minimum absolute atomic E-state index is 0.108. The third-order valence-corrected chi connectivity index (χ3v) is 6.90. The predicted octanol–water partition coefficient (Wildman–Crippen LogP) is 4.01. The van der Waals surface area contributed by atoms with Crippen molar-refractivity contribution in [2.24, 2.45) is 11.3 Å². The molecule has 162 valence electrons. The fraction of sp³-hybridized carbons (Fsp3) is 0.458. The molecule has 5 rings (SSSR count). The number of nitrogen functional groups attached to an aromatic ring is 1. The third-order valence-electron chi connectivity index (χ3n) is 6.90. The maximum absolute atomic E-state index is 8.41. The average Bonchev–Trinajstić information content (AvgIpc) is 3.41. The van der Waals surface area contributed by atoms with Gasteiger partial charge in [-0.15, -0.1) is 5.10 Å². The number of nitrogens with two attached hydrogens (primary N) is 1. The van der Waals surface area contributed by atoms with E-state index < -0.39 is 0 Å². The van der Waals surface area contributed by atoms with Crippen LogP contribution in [0.25, 0.3) is 16.9 Å². The van der Waals surface area contributed by atoms with Crippen LogP contribution >= 0.6 is 0 Å². The fourth-order valence-electron chi connectivity index (χ4n) is 4.74. The van der Waals surface area contributed by atoms with Crippen LogP contribution in [0.2, 0.25) is 0 Å². The summed E-state index contributed by atoms with van der Waals surface area (Å²) in [6.45, 7) is 7.84. The second kappa shape index (κ2) is 7.64. The van der Waals surface area contributed by atoms with E-state index in [1.807, 2.05) is 48.8 Å². The van der Waals surface area contributed by atoms with E-state index in [9.17, 15) is 0 Å². The van der Waals surface area contributed by atoms with E-state index in [1.165, 1.54) is 6.42 Å². The minimum atomic E-state index is 0.108. The summed E-state index contributed by atoms with van der Waals surface area (Å²) >= 11 is 0. The lowest BCUT2D eigenvalue weighted by molar-refractivity contribution is 0.133. The lowest BCUT2D eigenvalue weighted by Crippen LogP contribution is -2.41. The summed E-state index contributed by atoms with van der Waals surface area (Å²) in [5.74, 6) is 1.09. The van der Waals surface area contributed by atoms with Gasteiger partial charge in [0.2, 0.25) is 0 Å². The molecule has 1 aromatic carbocycles. The van der Waals surface area contributed by atoms with Crippen LogP contribution in [0.4, 0.5) is 11.5 Å². The van der Waals surface area contributed by atoms with Crippen molar-refractivity contribution in [1.29, 1.82) is 5.41 Å². The van der Waals surface area contributed by atoms with Crippen molar-refractivity contribution < 1.29 is 4.74 Å². The zero-order valence-electron chi connectivity index (χ0n) is 18.3. The summed E-state index contributed by atoms with van der Waals surface area (Å²) in [7, 11) is 0. The first-order chi connectivity index (χ1) is 15.0. The van der Waals surface area contributed by atoms with E-state index >= 15 is 0 Å². The molecule has 2 saturated heterocycles. The number of hydrogen-bond acceptors (Lipinski definition) is 6. The maximum atomic E-state index is 8.41. The van der Waals surface area contributed by atoms with Gasteiger partial charge in [0.05, 0.1) is 18.5 Å². The summed E-state index contributed by atoms with van der Waals surface area (Å²) < 4.78 is 7.58. The number of ether oxygens (including phenoxy) is 1. The first-order valence-corrected chi connectivity index (χ1v) is 11.1. The number of nitrogens with one attached hydrogen (secondary N) is 1. The van der Waals surface area contributed by atoms with E-state index in [0.29, 0.717) is 16.8 Å². The van der Waals surface area contributed by atoms with Gasteiger partial charge >= 0.3 is 0 Å². The van der Waals surface area contributed by atoms with Crippen molar-refractivity contribution in [1.82, 2.24) is 14.6 Å². The lowest BCUT2D eigenvalue weighted by Gasteiger charge is -2.38. The third kappa shape index (κ3) is 3.57. The maximum Gasteiger partial charge on any atom is 0.154 e. The number of nitrogens with zero attached hydrogens (tertiary/aromatic N) is 4. The van der Waals surface area contributed by atoms with Gasteiger partial charge in [0, 0.05) is 42.2 Å². The molecule has 0 amide bonds. The number of rotatable bonds is 4. The van der Waals surface area contributed by atoms with E-state index in [4.69, 9.17) is 21.0 Å². The summed E-state index contributed by atoms with van der Waals surface area (Å²) in [5.41, 5.74) is 11.2. The van der Waals surface area contributed by atoms with Crippen molar-refractivity contribution in [2.75, 3.05) is 36.9 Å². The second-order valence-electron chi connectivity index (χ2n) is 9.27. The molecule has 7 nitrogen and oxygen atoms in total. The largest absolute Gasteiger partial charge is 0.398 e. The molecule has 7 heteroatoms. The molecule has 31 heavy (non-hydrogen) atoms. The molecule has 2 aliphatic heterocycles. The number of anilines is 2. The van der Waals surface area contributed by atoms with Gasteiger partial charge < -0.3 is 20.8 Å². The van der Waals surface area contributed by atoms with Crippen molar-refractivity contribution in [3.05, 3.63) is 42.1 Å². The highest BCUT2D eigenvalue weighted by Crippen LogP contribution is 2.40. The van der Waals surface area contributed by atoms with Gasteiger partial charge in [0.15, 0.2) is 5.65 Å². The van der Waals surface area contributed by atoms with E-state index in [2.05, 4.69) is 16.0 Å². The quantitative estimate of drug-likeness (QED) is 0.493. The predicted molar refractivity (Wildman–Crippen MR) is 124 cm³/mol. The summed E-state index contributed by atoms with van der Waals surface area (Å²) in [6, 6.07) is 9.94. The van der Waals surface area contributed by atoms with Crippen LogP contribution in [0.5, 0.6) is 0 Å². The SMILES string of the molecule is CC(C)C(=N)c1cc(-c2cnc3ccc(N4CCC5(CCOC5)CC4)nn23)ccc1N. The first kappa shape index (κ1) is 20.0. The molecule has 0 saturated carbocycles. The molecule has 3 aromatic rings. The molecule has 1 spiro atoms. The molecule has 0 atom stereocenters. The number of hydrogen-bond donors (Lipinski definition) is 2. The standard InChI is InChI=1S/C24H30N6O/c1-16(2)23(26)18-13-17(3-4-19(18)25)20-14-27-21-5-6-22(28-30(20)21)29-10-7-24(8-11-29)9-12-31-15-24/h3-6,13-14,16,26H,7-12,15,25H2,1-2H3. The molecule has 0 aliphatic carbocycles. The van der Waals surface area contributed by atoms with Crippen LogP contribution in [0.1, 0.15) is 38.7 Å². The second-order valence-corrected chi connectivity index (χ2v) is 9.27. The first-order valence-electron chi connectivity index (χ1n) is 11.1. The molecule has 2 aliphatic rings. The summed E-state index contributed by atoms with van der Waals surface area (Å²) in [6.07, 6.45) is 5.34. The van der Waals surface area contributed by atoms with Gasteiger partial charge in [-0.2, -0.15) is 0 Å². The van der Waals surface area contributed by atoms with Gasteiger partial charge in [-0.05, 0) is 54.9 Å². The Kier molecular flexibility index (Phi) is 4.93. The van der Waals surface area contributed by atoms with E-state index in [0.717, 1.165) is 67.4 Å². The zero-order chi connectivity index (χ0) is 21.6. The normalized spacial score (nSPS) is 18.4. The summed E-state index contributed by atoms with van der Waals surface area (Å²) in [4.78, 5) is 6.92. The van der Waals surface area contributed by atoms with Gasteiger partial charge in [-0.25, -0.2) is 9.50 Å². The number of fused-ring (bicyclic) bond motifs is 1. The number of piperidine rings is 1. The highest BCUT2D eigenvalue weighted by molar-refractivity contribution is 6.04. The Morgan fingerprint density at radius 3 is 2.68 bits per heavy atom. The van der Waals surface area contributed by atoms with Crippen molar-refractivity contribution in [3.8, 4) is 11.3 Å². The lowest BCUT2D eigenvalue weighted by atomic mass is 9.78. The molecule has 0 radical (unpaired) electrons. The van der Waals surface area contributed by atoms with Crippen LogP contribution in [-0.4, -0.2) is 46.6 Å². The Labute approximate surface area is 182 Å². The van der Waals surface area contributed by atoms with Gasteiger partial charge in [-0.3, -0.25) is 0 Å². The Hall–Kier alpha value is -2.93. The van der Waals surface area contributed by atoms with Crippen LogP contribution in [0.15, 0.2) is 36.5 Å². The Bertz CT molecular complexity index is 1120. The number of aromatic nitrogens is 3. The van der Waals surface area contributed by atoms with Crippen LogP contribution < -0.4 is 10.6 Å². The van der Waals surface area contributed by atoms with E-state index in [-0.39, 0.29) is 5.92 Å². The topological polar surface area (TPSA) is 92.5 Å². The highest BCUT2D eigenvalue weighted by Gasteiger charge is 2.38. The molecular weight excluding hydrogens is 388 g/mol. The van der Waals surface area contributed by atoms with Crippen molar-refractivity contribution in [2.45, 2.75) is 33.1 Å². The number of imidazole rings is 1. The molecule has 2 aromatic heterocycles. The molecule has 0 unspecified atom stereocenters.